The second-order valence-corrected chi connectivity index (χ2v) is 6.27. The Morgan fingerprint density at radius 1 is 1.22 bits per heavy atom. The van der Waals surface area contributed by atoms with Crippen LogP contribution in [0.4, 0.5) is 4.79 Å². The van der Waals surface area contributed by atoms with E-state index in [1.54, 1.807) is 0 Å². The number of hydrogen-bond donors (Lipinski definition) is 1. The molecule has 102 valence electrons. The van der Waals surface area contributed by atoms with Crippen LogP contribution in [-0.2, 0) is 4.74 Å². The first-order valence-electron chi connectivity index (χ1n) is 7.39. The number of ether oxygens (including phenoxy) is 1. The number of nitrogens with one attached hydrogen (secondary N) is 1. The summed E-state index contributed by atoms with van der Waals surface area (Å²) < 4.78 is 5.77. The Balaban J connectivity index is 1.69. The Labute approximate surface area is 109 Å². The molecule has 0 spiro atoms. The summed E-state index contributed by atoms with van der Waals surface area (Å²) in [5.74, 6) is 0.522. The molecule has 4 nitrogen and oxygen atoms in total. The van der Waals surface area contributed by atoms with E-state index in [0.29, 0.717) is 12.0 Å². The smallest absolute Gasteiger partial charge is 0.410 e. The first-order valence-corrected chi connectivity index (χ1v) is 7.39. The van der Waals surface area contributed by atoms with Crippen molar-refractivity contribution in [1.82, 2.24) is 10.2 Å². The SMILES string of the molecule is CC1(C2CCNCC2)CN(C2CCCC2)C(=O)O1. The summed E-state index contributed by atoms with van der Waals surface area (Å²) in [7, 11) is 0. The summed E-state index contributed by atoms with van der Waals surface area (Å²) in [6, 6.07) is 0.445. The van der Waals surface area contributed by atoms with Crippen LogP contribution in [0.25, 0.3) is 0 Å². The van der Waals surface area contributed by atoms with Crippen LogP contribution in [-0.4, -0.2) is 42.3 Å². The molecule has 1 amide bonds. The van der Waals surface area contributed by atoms with Crippen LogP contribution in [0.5, 0.6) is 0 Å². The van der Waals surface area contributed by atoms with Gasteiger partial charge in [-0.05, 0) is 45.7 Å². The number of hydrogen-bond acceptors (Lipinski definition) is 3. The molecule has 1 aliphatic carbocycles. The standard InChI is InChI=1S/C14H24N2O2/c1-14(11-6-8-15-9-7-11)10-16(13(17)18-14)12-4-2-3-5-12/h11-12,15H,2-10H2,1H3. The van der Waals surface area contributed by atoms with Crippen molar-refractivity contribution in [3.05, 3.63) is 0 Å². The summed E-state index contributed by atoms with van der Waals surface area (Å²) in [6.45, 7) is 5.06. The largest absolute Gasteiger partial charge is 0.441 e. The molecule has 3 rings (SSSR count). The summed E-state index contributed by atoms with van der Waals surface area (Å²) >= 11 is 0. The van der Waals surface area contributed by atoms with Crippen LogP contribution in [0.3, 0.4) is 0 Å². The van der Waals surface area contributed by atoms with Gasteiger partial charge in [0.05, 0.1) is 6.54 Å². The van der Waals surface area contributed by atoms with Gasteiger partial charge in [0.25, 0.3) is 0 Å². The van der Waals surface area contributed by atoms with Crippen LogP contribution in [0, 0.1) is 5.92 Å². The number of cyclic esters (lactones) is 1. The van der Waals surface area contributed by atoms with Crippen molar-refractivity contribution in [2.45, 2.75) is 57.1 Å². The third-order valence-corrected chi connectivity index (χ3v) is 5.01. The average molecular weight is 252 g/mol. The van der Waals surface area contributed by atoms with E-state index in [9.17, 15) is 4.79 Å². The monoisotopic (exact) mass is 252 g/mol. The molecule has 0 aromatic carbocycles. The molecule has 1 saturated carbocycles. The van der Waals surface area contributed by atoms with Crippen LogP contribution >= 0.6 is 0 Å². The van der Waals surface area contributed by atoms with Gasteiger partial charge in [-0.3, -0.25) is 0 Å². The number of rotatable bonds is 2. The fourth-order valence-electron chi connectivity index (χ4n) is 3.83. The maximum Gasteiger partial charge on any atom is 0.410 e. The Bertz CT molecular complexity index is 322. The minimum Gasteiger partial charge on any atom is -0.441 e. The van der Waals surface area contributed by atoms with Gasteiger partial charge in [0.1, 0.15) is 5.60 Å². The molecule has 1 atom stereocenters. The second kappa shape index (κ2) is 4.72. The predicted molar refractivity (Wildman–Crippen MR) is 69.4 cm³/mol. The molecule has 1 unspecified atom stereocenters. The van der Waals surface area contributed by atoms with Crippen molar-refractivity contribution in [3.8, 4) is 0 Å². The lowest BCUT2D eigenvalue weighted by Crippen LogP contribution is -2.45. The number of carbonyl (C=O) groups is 1. The van der Waals surface area contributed by atoms with Crippen molar-refractivity contribution in [1.29, 1.82) is 0 Å². The molecule has 0 radical (unpaired) electrons. The molecule has 0 aromatic heterocycles. The molecule has 0 aromatic rings. The highest BCUT2D eigenvalue weighted by molar-refractivity contribution is 5.71. The summed E-state index contributed by atoms with van der Waals surface area (Å²) in [6.07, 6.45) is 7.04. The minimum absolute atomic E-state index is 0.0667. The van der Waals surface area contributed by atoms with Gasteiger partial charge in [0.2, 0.25) is 0 Å². The Kier molecular flexibility index (Phi) is 3.22. The number of nitrogens with zero attached hydrogens (tertiary/aromatic N) is 1. The fraction of sp³-hybridized carbons (Fsp3) is 0.929. The van der Waals surface area contributed by atoms with Gasteiger partial charge < -0.3 is 15.0 Å². The number of piperidine rings is 1. The van der Waals surface area contributed by atoms with Crippen molar-refractivity contribution in [2.75, 3.05) is 19.6 Å². The normalized spacial score (nSPS) is 35.2. The quantitative estimate of drug-likeness (QED) is 0.818. The average Bonchev–Trinajstić information content (AvgIpc) is 2.99. The summed E-state index contributed by atoms with van der Waals surface area (Å²) in [4.78, 5) is 14.1. The van der Waals surface area contributed by atoms with Crippen molar-refractivity contribution in [2.24, 2.45) is 5.92 Å². The topological polar surface area (TPSA) is 41.6 Å². The Hall–Kier alpha value is -0.770. The van der Waals surface area contributed by atoms with Crippen molar-refractivity contribution >= 4 is 6.09 Å². The molecule has 2 saturated heterocycles. The molecule has 2 heterocycles. The number of carbonyl (C=O) groups excluding carboxylic acids is 1. The maximum absolute atomic E-state index is 12.1. The third-order valence-electron chi connectivity index (χ3n) is 5.01. The van der Waals surface area contributed by atoms with Gasteiger partial charge in [-0.15, -0.1) is 0 Å². The van der Waals surface area contributed by atoms with Crippen LogP contribution in [0.2, 0.25) is 0 Å². The van der Waals surface area contributed by atoms with E-state index in [1.807, 2.05) is 4.90 Å². The molecular weight excluding hydrogens is 228 g/mol. The Morgan fingerprint density at radius 3 is 2.56 bits per heavy atom. The van der Waals surface area contributed by atoms with Gasteiger partial charge in [0, 0.05) is 12.0 Å². The maximum atomic E-state index is 12.1. The lowest BCUT2D eigenvalue weighted by molar-refractivity contribution is 0.00938. The second-order valence-electron chi connectivity index (χ2n) is 6.27. The zero-order valence-electron chi connectivity index (χ0n) is 11.3. The van der Waals surface area contributed by atoms with E-state index in [1.165, 1.54) is 12.8 Å². The third kappa shape index (κ3) is 2.11. The van der Waals surface area contributed by atoms with Gasteiger partial charge in [0.15, 0.2) is 0 Å². The van der Waals surface area contributed by atoms with E-state index in [0.717, 1.165) is 45.3 Å². The first-order chi connectivity index (χ1) is 8.69. The van der Waals surface area contributed by atoms with Crippen molar-refractivity contribution in [3.63, 3.8) is 0 Å². The summed E-state index contributed by atoms with van der Waals surface area (Å²) in [5, 5.41) is 3.38. The molecular formula is C14H24N2O2. The zero-order valence-corrected chi connectivity index (χ0v) is 11.3. The van der Waals surface area contributed by atoms with Crippen LogP contribution in [0.1, 0.15) is 45.4 Å². The highest BCUT2D eigenvalue weighted by atomic mass is 16.6. The highest BCUT2D eigenvalue weighted by Gasteiger charge is 2.49. The van der Waals surface area contributed by atoms with Gasteiger partial charge >= 0.3 is 6.09 Å². The molecule has 0 bridgehead atoms. The molecule has 2 aliphatic heterocycles. The molecule has 3 fully saturated rings. The minimum atomic E-state index is -0.248. The fourth-order valence-corrected chi connectivity index (χ4v) is 3.83. The first kappa shape index (κ1) is 12.3. The molecule has 18 heavy (non-hydrogen) atoms. The van der Waals surface area contributed by atoms with Gasteiger partial charge in [-0.1, -0.05) is 12.8 Å². The van der Waals surface area contributed by atoms with Gasteiger partial charge in [-0.2, -0.15) is 0 Å². The van der Waals surface area contributed by atoms with E-state index in [2.05, 4.69) is 12.2 Å². The van der Waals surface area contributed by atoms with E-state index >= 15 is 0 Å². The van der Waals surface area contributed by atoms with Crippen LogP contribution in [0.15, 0.2) is 0 Å². The van der Waals surface area contributed by atoms with Crippen molar-refractivity contribution < 1.29 is 9.53 Å². The van der Waals surface area contributed by atoms with E-state index in [-0.39, 0.29) is 11.7 Å². The lowest BCUT2D eigenvalue weighted by Gasteiger charge is -2.35. The summed E-state index contributed by atoms with van der Waals surface area (Å²) in [5.41, 5.74) is -0.248. The van der Waals surface area contributed by atoms with Gasteiger partial charge in [-0.25, -0.2) is 4.79 Å². The van der Waals surface area contributed by atoms with Crippen LogP contribution < -0.4 is 5.32 Å². The zero-order chi connectivity index (χ0) is 12.6. The van der Waals surface area contributed by atoms with E-state index in [4.69, 9.17) is 4.74 Å². The predicted octanol–water partition coefficient (Wildman–Crippen LogP) is 2.14. The molecule has 3 aliphatic rings. The lowest BCUT2D eigenvalue weighted by atomic mass is 9.82. The molecule has 1 N–H and O–H groups in total. The Morgan fingerprint density at radius 2 is 1.89 bits per heavy atom. The highest BCUT2D eigenvalue weighted by Crippen LogP contribution is 2.38. The number of amides is 1. The molecule has 4 heteroatoms. The van der Waals surface area contributed by atoms with E-state index < -0.39 is 0 Å².